The topological polar surface area (TPSA) is 57.2 Å². The summed E-state index contributed by atoms with van der Waals surface area (Å²) in [5, 5.41) is 18.1. The van der Waals surface area contributed by atoms with Gasteiger partial charge in [0.1, 0.15) is 0 Å². The minimum atomic E-state index is -0.383. The fourth-order valence-electron chi connectivity index (χ4n) is 3.26. The number of aliphatic hydroxyl groups excluding tert-OH is 1. The predicted molar refractivity (Wildman–Crippen MR) is 98.1 cm³/mol. The van der Waals surface area contributed by atoms with Crippen molar-refractivity contribution in [3.63, 3.8) is 0 Å². The number of aliphatic hydroxyl groups is 1. The van der Waals surface area contributed by atoms with Crippen LogP contribution in [0.1, 0.15) is 6.42 Å². The van der Waals surface area contributed by atoms with Gasteiger partial charge < -0.3 is 15.7 Å². The molecule has 2 atom stereocenters. The number of para-hydroxylation sites is 1. The lowest BCUT2D eigenvalue weighted by Crippen LogP contribution is -2.47. The first-order valence-electron chi connectivity index (χ1n) is 8.42. The van der Waals surface area contributed by atoms with Crippen molar-refractivity contribution in [3.8, 4) is 11.3 Å². The van der Waals surface area contributed by atoms with Crippen molar-refractivity contribution in [3.05, 3.63) is 60.7 Å². The zero-order chi connectivity index (χ0) is 16.4. The van der Waals surface area contributed by atoms with Crippen LogP contribution in [0.2, 0.25) is 0 Å². The molecule has 0 aliphatic carbocycles. The maximum absolute atomic E-state index is 10.2. The number of β-amino-alcohol motifs (C(OH)–C–C–N with tert-alkyl or cyclic N) is 1. The molecule has 24 heavy (non-hydrogen) atoms. The van der Waals surface area contributed by atoms with Crippen LogP contribution in [-0.4, -0.2) is 35.3 Å². The molecule has 1 aliphatic heterocycles. The first-order chi connectivity index (χ1) is 11.8. The summed E-state index contributed by atoms with van der Waals surface area (Å²) in [5.74, 6) is 0. The number of anilines is 1. The van der Waals surface area contributed by atoms with E-state index in [-0.39, 0.29) is 12.1 Å². The van der Waals surface area contributed by atoms with Crippen LogP contribution in [-0.2, 0) is 0 Å². The lowest BCUT2D eigenvalue weighted by Gasteiger charge is -2.30. The van der Waals surface area contributed by atoms with Crippen LogP contribution in [0.15, 0.2) is 60.7 Å². The summed E-state index contributed by atoms with van der Waals surface area (Å²) < 4.78 is 0. The first kappa shape index (κ1) is 15.1. The standard InChI is InChI=1S/C20H21N3O/c24-20-13-21-11-10-17(20)23-19-12-18(14-6-2-1-3-7-14)22-16-9-5-4-8-15(16)19/h1-9,12,17,20-21,24H,10-11,13H2,(H,22,23)/t17-,20-/m1/s1. The number of aromatic nitrogens is 1. The van der Waals surface area contributed by atoms with Gasteiger partial charge >= 0.3 is 0 Å². The molecule has 0 saturated carbocycles. The summed E-state index contributed by atoms with van der Waals surface area (Å²) in [4.78, 5) is 4.80. The Bertz CT molecular complexity index is 835. The van der Waals surface area contributed by atoms with Crippen molar-refractivity contribution in [1.29, 1.82) is 0 Å². The highest BCUT2D eigenvalue weighted by Crippen LogP contribution is 2.29. The van der Waals surface area contributed by atoms with E-state index >= 15 is 0 Å². The van der Waals surface area contributed by atoms with Crippen molar-refractivity contribution < 1.29 is 5.11 Å². The Kier molecular flexibility index (Phi) is 4.15. The normalized spacial score (nSPS) is 20.9. The van der Waals surface area contributed by atoms with Crippen LogP contribution in [0.5, 0.6) is 0 Å². The molecule has 1 aliphatic rings. The van der Waals surface area contributed by atoms with Gasteiger partial charge in [0.15, 0.2) is 0 Å². The molecule has 2 heterocycles. The molecule has 4 rings (SSSR count). The summed E-state index contributed by atoms with van der Waals surface area (Å²) in [6, 6.07) is 20.5. The zero-order valence-corrected chi connectivity index (χ0v) is 13.4. The Morgan fingerprint density at radius 2 is 1.83 bits per heavy atom. The molecule has 0 bridgehead atoms. The second-order valence-corrected chi connectivity index (χ2v) is 6.25. The molecule has 1 saturated heterocycles. The van der Waals surface area contributed by atoms with Crippen LogP contribution >= 0.6 is 0 Å². The summed E-state index contributed by atoms with van der Waals surface area (Å²) in [5.41, 5.74) is 4.03. The van der Waals surface area contributed by atoms with Crippen LogP contribution < -0.4 is 10.6 Å². The fraction of sp³-hybridized carbons (Fsp3) is 0.250. The van der Waals surface area contributed by atoms with Gasteiger partial charge in [0.2, 0.25) is 0 Å². The molecule has 4 nitrogen and oxygen atoms in total. The first-order valence-corrected chi connectivity index (χ1v) is 8.42. The molecule has 3 aromatic rings. The minimum absolute atomic E-state index is 0.0562. The highest BCUT2D eigenvalue weighted by molar-refractivity contribution is 5.93. The summed E-state index contributed by atoms with van der Waals surface area (Å²) >= 11 is 0. The van der Waals surface area contributed by atoms with Gasteiger partial charge in [-0.2, -0.15) is 0 Å². The third-order valence-electron chi connectivity index (χ3n) is 4.58. The molecule has 0 unspecified atom stereocenters. The van der Waals surface area contributed by atoms with Gasteiger partial charge in [-0.15, -0.1) is 0 Å². The number of fused-ring (bicyclic) bond motifs is 1. The molecule has 4 heteroatoms. The van der Waals surface area contributed by atoms with E-state index in [2.05, 4.69) is 34.9 Å². The smallest absolute Gasteiger partial charge is 0.0865 e. The predicted octanol–water partition coefficient (Wildman–Crippen LogP) is 3.04. The molecule has 1 aromatic heterocycles. The van der Waals surface area contributed by atoms with Crippen molar-refractivity contribution >= 4 is 16.6 Å². The van der Waals surface area contributed by atoms with Gasteiger partial charge in [-0.3, -0.25) is 0 Å². The number of benzene rings is 2. The lowest BCUT2D eigenvalue weighted by atomic mass is 10.0. The number of hydrogen-bond donors (Lipinski definition) is 3. The third kappa shape index (κ3) is 2.98. The average Bonchev–Trinajstić information content (AvgIpc) is 2.64. The van der Waals surface area contributed by atoms with E-state index in [1.807, 2.05) is 36.4 Å². The highest BCUT2D eigenvalue weighted by atomic mass is 16.3. The Labute approximate surface area is 141 Å². The van der Waals surface area contributed by atoms with E-state index in [4.69, 9.17) is 4.98 Å². The number of pyridine rings is 1. The molecular formula is C20H21N3O. The van der Waals surface area contributed by atoms with Gasteiger partial charge in [0.05, 0.1) is 23.4 Å². The maximum atomic E-state index is 10.2. The quantitative estimate of drug-likeness (QED) is 0.694. The summed E-state index contributed by atoms with van der Waals surface area (Å²) in [6.45, 7) is 1.55. The van der Waals surface area contributed by atoms with E-state index in [1.54, 1.807) is 0 Å². The molecule has 1 fully saturated rings. The van der Waals surface area contributed by atoms with E-state index in [0.29, 0.717) is 6.54 Å². The van der Waals surface area contributed by atoms with Gasteiger partial charge in [-0.05, 0) is 25.1 Å². The second kappa shape index (κ2) is 6.59. The minimum Gasteiger partial charge on any atom is -0.390 e. The molecule has 122 valence electrons. The van der Waals surface area contributed by atoms with Crippen molar-refractivity contribution in [2.75, 3.05) is 18.4 Å². The SMILES string of the molecule is O[C@@H]1CNCC[C@H]1Nc1cc(-c2ccccc2)nc2ccccc12. The van der Waals surface area contributed by atoms with Crippen LogP contribution in [0.3, 0.4) is 0 Å². The zero-order valence-electron chi connectivity index (χ0n) is 13.4. The van der Waals surface area contributed by atoms with Crippen LogP contribution in [0, 0.1) is 0 Å². The Morgan fingerprint density at radius 1 is 1.04 bits per heavy atom. The van der Waals surface area contributed by atoms with Gasteiger partial charge in [0.25, 0.3) is 0 Å². The Balaban J connectivity index is 1.78. The largest absolute Gasteiger partial charge is 0.390 e. The van der Waals surface area contributed by atoms with Gasteiger partial charge in [-0.25, -0.2) is 4.98 Å². The molecule has 0 spiro atoms. The number of hydrogen-bond acceptors (Lipinski definition) is 4. The molecule has 3 N–H and O–H groups in total. The monoisotopic (exact) mass is 319 g/mol. The van der Waals surface area contributed by atoms with E-state index in [1.165, 1.54) is 0 Å². The van der Waals surface area contributed by atoms with E-state index in [9.17, 15) is 5.11 Å². The fourth-order valence-corrected chi connectivity index (χ4v) is 3.26. The molecule has 0 amide bonds. The van der Waals surface area contributed by atoms with Crippen molar-refractivity contribution in [2.45, 2.75) is 18.6 Å². The Hall–Kier alpha value is -2.43. The second-order valence-electron chi connectivity index (χ2n) is 6.25. The van der Waals surface area contributed by atoms with Gasteiger partial charge in [0, 0.05) is 23.2 Å². The van der Waals surface area contributed by atoms with E-state index in [0.717, 1.165) is 40.8 Å². The number of rotatable bonds is 3. The highest BCUT2D eigenvalue weighted by Gasteiger charge is 2.23. The molecule has 0 radical (unpaired) electrons. The number of nitrogens with one attached hydrogen (secondary N) is 2. The lowest BCUT2D eigenvalue weighted by molar-refractivity contribution is 0.128. The molecule has 2 aromatic carbocycles. The Morgan fingerprint density at radius 3 is 2.67 bits per heavy atom. The van der Waals surface area contributed by atoms with Gasteiger partial charge in [-0.1, -0.05) is 48.5 Å². The van der Waals surface area contributed by atoms with Crippen molar-refractivity contribution in [2.24, 2.45) is 0 Å². The maximum Gasteiger partial charge on any atom is 0.0865 e. The average molecular weight is 319 g/mol. The third-order valence-corrected chi connectivity index (χ3v) is 4.58. The number of nitrogens with zero attached hydrogens (tertiary/aromatic N) is 1. The molecular weight excluding hydrogens is 298 g/mol. The van der Waals surface area contributed by atoms with E-state index < -0.39 is 0 Å². The summed E-state index contributed by atoms with van der Waals surface area (Å²) in [6.07, 6.45) is 0.518. The van der Waals surface area contributed by atoms with Crippen LogP contribution in [0.4, 0.5) is 5.69 Å². The van der Waals surface area contributed by atoms with Crippen molar-refractivity contribution in [1.82, 2.24) is 10.3 Å². The van der Waals surface area contributed by atoms with Crippen LogP contribution in [0.25, 0.3) is 22.2 Å². The summed E-state index contributed by atoms with van der Waals surface area (Å²) in [7, 11) is 0. The number of piperidine rings is 1.